The minimum atomic E-state index is 0.738. The fraction of sp³-hybridized carbons (Fsp3) is 0. The average Bonchev–Trinajstić information content (AvgIpc) is 2.15. The Balaban J connectivity index is 2.97. The van der Waals surface area contributed by atoms with Gasteiger partial charge in [0.15, 0.2) is 0 Å². The van der Waals surface area contributed by atoms with E-state index in [1.807, 2.05) is 30.3 Å². The third-order valence-corrected chi connectivity index (χ3v) is 3.04. The number of anilines is 1. The highest BCUT2D eigenvalue weighted by Crippen LogP contribution is 2.33. The van der Waals surface area contributed by atoms with Crippen LogP contribution in [0.4, 0.5) is 5.69 Å². The highest BCUT2D eigenvalue weighted by Gasteiger charge is 2.04. The molecule has 1 nitrogen and oxygen atoms in total. The van der Waals surface area contributed by atoms with Crippen LogP contribution in [0, 0.1) is 0 Å². The molecule has 0 atom stereocenters. The number of nitrogen functional groups attached to an aromatic ring is 1. The van der Waals surface area contributed by atoms with Crippen molar-refractivity contribution in [1.82, 2.24) is 0 Å². The van der Waals surface area contributed by atoms with Gasteiger partial charge in [0, 0.05) is 14.8 Å². The van der Waals surface area contributed by atoms with E-state index in [1.165, 1.54) is 0 Å². The van der Waals surface area contributed by atoms with Crippen molar-refractivity contribution in [3.8, 4) is 0 Å². The molecule has 0 aliphatic carbocycles. The molecule has 0 saturated heterocycles. The van der Waals surface area contributed by atoms with Crippen LogP contribution in [0.5, 0.6) is 0 Å². The molecule has 0 amide bonds. The smallest absolute Gasteiger partial charge is 0.0530 e. The predicted molar refractivity (Wildman–Crippen MR) is 63.3 cm³/mol. The van der Waals surface area contributed by atoms with Crippen molar-refractivity contribution in [1.29, 1.82) is 0 Å². The summed E-state index contributed by atoms with van der Waals surface area (Å²) in [5, 5.41) is 2.17. The molecule has 0 heterocycles. The van der Waals surface area contributed by atoms with Crippen molar-refractivity contribution in [2.75, 3.05) is 5.73 Å². The molecule has 0 fully saturated rings. The van der Waals surface area contributed by atoms with Gasteiger partial charge in [-0.05, 0) is 11.5 Å². The number of nitrogens with two attached hydrogens (primary N) is 1. The number of hydrogen-bond donors (Lipinski definition) is 2. The van der Waals surface area contributed by atoms with Crippen LogP contribution in [0.2, 0.25) is 0 Å². The van der Waals surface area contributed by atoms with Crippen molar-refractivity contribution < 1.29 is 0 Å². The van der Waals surface area contributed by atoms with Gasteiger partial charge in [0.25, 0.3) is 0 Å². The third kappa shape index (κ3) is 1.42. The molecule has 0 aliphatic heterocycles. The van der Waals surface area contributed by atoms with E-state index in [-0.39, 0.29) is 0 Å². The topological polar surface area (TPSA) is 26.0 Å². The van der Waals surface area contributed by atoms with Crippen LogP contribution in [0.3, 0.4) is 0 Å². The van der Waals surface area contributed by atoms with Crippen LogP contribution in [-0.2, 0) is 0 Å². The summed E-state index contributed by atoms with van der Waals surface area (Å²) in [5.41, 5.74) is 6.63. The normalized spacial score (nSPS) is 10.6. The summed E-state index contributed by atoms with van der Waals surface area (Å²) in [6.45, 7) is 0. The van der Waals surface area contributed by atoms with Crippen LogP contribution < -0.4 is 5.73 Å². The maximum atomic E-state index is 5.89. The third-order valence-electron chi connectivity index (χ3n) is 2.01. The summed E-state index contributed by atoms with van der Waals surface area (Å²) < 4.78 is 1.03. The van der Waals surface area contributed by atoms with Crippen LogP contribution in [0.15, 0.2) is 39.7 Å². The number of hydrogen-bond acceptors (Lipinski definition) is 2. The first-order valence-corrected chi connectivity index (χ1v) is 5.10. The van der Waals surface area contributed by atoms with Crippen molar-refractivity contribution in [3.05, 3.63) is 34.8 Å². The highest BCUT2D eigenvalue weighted by atomic mass is 79.9. The van der Waals surface area contributed by atoms with Crippen LogP contribution >= 0.6 is 28.6 Å². The Morgan fingerprint density at radius 1 is 1.15 bits per heavy atom. The van der Waals surface area contributed by atoms with Gasteiger partial charge in [-0.3, -0.25) is 0 Å². The molecular weight excluding hydrogens is 246 g/mol. The molecule has 66 valence electrons. The lowest BCUT2D eigenvalue weighted by Gasteiger charge is -2.06. The number of rotatable bonds is 0. The van der Waals surface area contributed by atoms with Crippen molar-refractivity contribution in [2.45, 2.75) is 4.90 Å². The van der Waals surface area contributed by atoms with Crippen LogP contribution in [-0.4, -0.2) is 0 Å². The fourth-order valence-corrected chi connectivity index (χ4v) is 2.34. The first-order chi connectivity index (χ1) is 6.20. The van der Waals surface area contributed by atoms with Gasteiger partial charge in [0.2, 0.25) is 0 Å². The van der Waals surface area contributed by atoms with E-state index in [1.54, 1.807) is 0 Å². The molecule has 0 spiro atoms. The molecule has 0 saturated carbocycles. The standard InChI is InChI=1S/C10H8BrNS/c11-8-5-9(13)10(12)7-4-2-1-3-6(7)8/h1-5,13H,12H2. The lowest BCUT2D eigenvalue weighted by atomic mass is 10.1. The summed E-state index contributed by atoms with van der Waals surface area (Å²) in [7, 11) is 0. The predicted octanol–water partition coefficient (Wildman–Crippen LogP) is 3.47. The first-order valence-electron chi connectivity index (χ1n) is 3.86. The molecule has 0 aromatic heterocycles. The molecule has 2 N–H and O–H groups in total. The van der Waals surface area contributed by atoms with Crippen molar-refractivity contribution in [2.24, 2.45) is 0 Å². The van der Waals surface area contributed by atoms with Gasteiger partial charge in [-0.15, -0.1) is 12.6 Å². The van der Waals surface area contributed by atoms with E-state index < -0.39 is 0 Å². The molecular formula is C10H8BrNS. The zero-order valence-corrected chi connectivity index (χ0v) is 9.27. The van der Waals surface area contributed by atoms with Gasteiger partial charge in [-0.2, -0.15) is 0 Å². The van der Waals surface area contributed by atoms with Gasteiger partial charge in [-0.25, -0.2) is 0 Å². The first kappa shape index (κ1) is 8.91. The molecule has 0 radical (unpaired) electrons. The van der Waals surface area contributed by atoms with Gasteiger partial charge in [-0.1, -0.05) is 40.2 Å². The minimum absolute atomic E-state index is 0.738. The zero-order chi connectivity index (χ0) is 9.42. The molecule has 13 heavy (non-hydrogen) atoms. The minimum Gasteiger partial charge on any atom is -0.397 e. The molecule has 3 heteroatoms. The highest BCUT2D eigenvalue weighted by molar-refractivity contribution is 9.10. The molecule has 2 aromatic carbocycles. The Kier molecular flexibility index (Phi) is 2.22. The lowest BCUT2D eigenvalue weighted by molar-refractivity contribution is 1.49. The molecule has 2 rings (SSSR count). The molecule has 2 aromatic rings. The maximum Gasteiger partial charge on any atom is 0.0530 e. The Bertz CT molecular complexity index is 468. The van der Waals surface area contributed by atoms with Crippen molar-refractivity contribution >= 4 is 45.0 Å². The van der Waals surface area contributed by atoms with E-state index in [0.717, 1.165) is 25.8 Å². The van der Waals surface area contributed by atoms with Gasteiger partial charge in [0.05, 0.1) is 5.69 Å². The second kappa shape index (κ2) is 3.24. The van der Waals surface area contributed by atoms with Gasteiger partial charge in [0.1, 0.15) is 0 Å². The van der Waals surface area contributed by atoms with Crippen LogP contribution in [0.25, 0.3) is 10.8 Å². The Morgan fingerprint density at radius 3 is 2.46 bits per heavy atom. The quantitative estimate of drug-likeness (QED) is 0.546. The van der Waals surface area contributed by atoms with E-state index in [9.17, 15) is 0 Å². The number of fused-ring (bicyclic) bond motifs is 1. The van der Waals surface area contributed by atoms with E-state index in [2.05, 4.69) is 28.6 Å². The molecule has 0 bridgehead atoms. The van der Waals surface area contributed by atoms with Gasteiger partial charge >= 0.3 is 0 Å². The summed E-state index contributed by atoms with van der Waals surface area (Å²) in [5.74, 6) is 0. The maximum absolute atomic E-state index is 5.89. The Hall–Kier alpha value is -0.670. The second-order valence-electron chi connectivity index (χ2n) is 2.84. The second-order valence-corrected chi connectivity index (χ2v) is 4.17. The van der Waals surface area contributed by atoms with E-state index >= 15 is 0 Å². The summed E-state index contributed by atoms with van der Waals surface area (Å²) in [6.07, 6.45) is 0. The van der Waals surface area contributed by atoms with Gasteiger partial charge < -0.3 is 5.73 Å². The summed E-state index contributed by atoms with van der Waals surface area (Å²) in [4.78, 5) is 0.811. The number of halogens is 1. The molecule has 0 unspecified atom stereocenters. The van der Waals surface area contributed by atoms with E-state index in [4.69, 9.17) is 5.73 Å². The SMILES string of the molecule is Nc1c(S)cc(Br)c2ccccc12. The summed E-state index contributed by atoms with van der Waals surface area (Å²) in [6, 6.07) is 9.90. The average molecular weight is 254 g/mol. The summed E-state index contributed by atoms with van der Waals surface area (Å²) >= 11 is 7.77. The van der Waals surface area contributed by atoms with Crippen LogP contribution in [0.1, 0.15) is 0 Å². The fourth-order valence-electron chi connectivity index (χ4n) is 1.34. The number of thiol groups is 1. The number of benzene rings is 2. The van der Waals surface area contributed by atoms with Crippen molar-refractivity contribution in [3.63, 3.8) is 0 Å². The Labute approximate surface area is 90.5 Å². The zero-order valence-electron chi connectivity index (χ0n) is 6.79. The largest absolute Gasteiger partial charge is 0.397 e. The monoisotopic (exact) mass is 253 g/mol. The Morgan fingerprint density at radius 2 is 1.77 bits per heavy atom. The lowest BCUT2D eigenvalue weighted by Crippen LogP contribution is -1.89. The molecule has 0 aliphatic rings. The van der Waals surface area contributed by atoms with E-state index in [0.29, 0.717) is 0 Å².